The largest absolute Gasteiger partial charge is 0.455 e. The fourth-order valence-corrected chi connectivity index (χ4v) is 8.69. The van der Waals surface area contributed by atoms with Gasteiger partial charge in [0.05, 0.1) is 11.1 Å². The highest BCUT2D eigenvalue weighted by Gasteiger charge is 2.22. The Morgan fingerprint density at radius 3 is 1.45 bits per heavy atom. The summed E-state index contributed by atoms with van der Waals surface area (Å²) in [5.41, 5.74) is 16.7. The Kier molecular flexibility index (Phi) is 8.87. The molecule has 2 heteroatoms. The molecule has 0 fully saturated rings. The van der Waals surface area contributed by atoms with Crippen LogP contribution in [0.5, 0.6) is 0 Å². The minimum Gasteiger partial charge on any atom is -0.455 e. The molecule has 0 aliphatic rings. The second-order valence-corrected chi connectivity index (χ2v) is 15.3. The summed E-state index contributed by atoms with van der Waals surface area (Å²) >= 11 is 0. The van der Waals surface area contributed by atoms with Crippen molar-refractivity contribution in [3.8, 4) is 55.6 Å². The minimum atomic E-state index is 0.868. The number of hydrogen-bond donors (Lipinski definition) is 0. The zero-order valence-electron chi connectivity index (χ0n) is 32.9. The van der Waals surface area contributed by atoms with Gasteiger partial charge >= 0.3 is 0 Å². The van der Waals surface area contributed by atoms with Crippen LogP contribution < -0.4 is 4.90 Å². The first kappa shape index (κ1) is 35.2. The Morgan fingerprint density at radius 2 is 0.767 bits per heavy atom. The average Bonchev–Trinajstić information content (AvgIpc) is 3.73. The van der Waals surface area contributed by atoms with Gasteiger partial charge in [-0.05, 0) is 109 Å². The lowest BCUT2D eigenvalue weighted by molar-refractivity contribution is 0.670. The third-order valence-corrected chi connectivity index (χ3v) is 11.7. The molecule has 0 N–H and O–H groups in total. The lowest BCUT2D eigenvalue weighted by Crippen LogP contribution is -2.10. The molecule has 0 atom stereocenters. The van der Waals surface area contributed by atoms with E-state index in [1.807, 2.05) is 6.07 Å². The molecule has 0 amide bonds. The molecule has 0 radical (unpaired) electrons. The number of para-hydroxylation sites is 1. The highest BCUT2D eigenvalue weighted by molar-refractivity contribution is 6.17. The van der Waals surface area contributed by atoms with Gasteiger partial charge < -0.3 is 9.32 Å². The molecule has 0 bridgehead atoms. The van der Waals surface area contributed by atoms with E-state index < -0.39 is 0 Å². The minimum absolute atomic E-state index is 0.868. The van der Waals surface area contributed by atoms with Gasteiger partial charge in [0.15, 0.2) is 0 Å². The van der Waals surface area contributed by atoms with Crippen LogP contribution in [0.4, 0.5) is 17.1 Å². The zero-order valence-corrected chi connectivity index (χ0v) is 32.9. The van der Waals surface area contributed by atoms with E-state index in [2.05, 4.69) is 235 Å². The van der Waals surface area contributed by atoms with E-state index in [0.717, 1.165) is 55.7 Å². The van der Waals surface area contributed by atoms with E-state index in [9.17, 15) is 0 Å². The molecule has 1 heterocycles. The molecule has 1 aromatic heterocycles. The van der Waals surface area contributed by atoms with Gasteiger partial charge in [0, 0.05) is 22.3 Å². The first-order chi connectivity index (χ1) is 29.7. The van der Waals surface area contributed by atoms with Gasteiger partial charge in [-0.25, -0.2) is 0 Å². The summed E-state index contributed by atoms with van der Waals surface area (Å²) in [4.78, 5) is 2.38. The summed E-state index contributed by atoms with van der Waals surface area (Å²) in [6.45, 7) is 0. The van der Waals surface area contributed by atoms with Gasteiger partial charge in [0.1, 0.15) is 11.2 Å². The molecule has 0 saturated heterocycles. The molecule has 60 heavy (non-hydrogen) atoms. The number of benzene rings is 10. The topological polar surface area (TPSA) is 16.4 Å². The summed E-state index contributed by atoms with van der Waals surface area (Å²) in [6, 6.07) is 84.7. The number of nitrogens with zero attached hydrogens (tertiary/aromatic N) is 1. The lowest BCUT2D eigenvalue weighted by Gasteiger charge is -2.27. The third-order valence-electron chi connectivity index (χ3n) is 11.7. The van der Waals surface area contributed by atoms with Crippen molar-refractivity contribution in [3.63, 3.8) is 0 Å². The molecule has 0 spiro atoms. The van der Waals surface area contributed by atoms with Crippen LogP contribution >= 0.6 is 0 Å². The molecule has 0 aliphatic carbocycles. The molecule has 282 valence electrons. The number of fused-ring (bicyclic) bond motifs is 4. The van der Waals surface area contributed by atoms with Gasteiger partial charge in [-0.2, -0.15) is 0 Å². The Morgan fingerprint density at radius 1 is 0.300 bits per heavy atom. The van der Waals surface area contributed by atoms with Gasteiger partial charge in [0.2, 0.25) is 0 Å². The predicted octanol–water partition coefficient (Wildman–Crippen LogP) is 16.5. The quantitative estimate of drug-likeness (QED) is 0.153. The van der Waals surface area contributed by atoms with Crippen LogP contribution in [0.3, 0.4) is 0 Å². The standard InChI is InChI=1S/C58H39NO/c1-3-13-40(14-4-1)42-23-26-45(27-24-42)51-19-9-10-20-52(51)46-31-35-50(36-32-46)59(49-33-29-43(30-34-49)48-28-25-41-15-7-8-18-47(41)39-48)55-38-37-53(44-16-5-2-6-17-44)58-57(55)54-21-11-12-22-56(54)60-58/h1-39H. The van der Waals surface area contributed by atoms with Crippen LogP contribution in [0.2, 0.25) is 0 Å². The number of anilines is 3. The number of hydrogen-bond acceptors (Lipinski definition) is 2. The van der Waals surface area contributed by atoms with Gasteiger partial charge in [0.25, 0.3) is 0 Å². The number of furan rings is 1. The summed E-state index contributed by atoms with van der Waals surface area (Å²) < 4.78 is 6.75. The SMILES string of the molecule is c1ccc(-c2ccc(-c3ccccc3-c3ccc(N(c4ccc(-c5ccc6ccccc6c5)cc4)c4ccc(-c5ccccc5)c5oc6ccccc6c45)cc3)cc2)cc1. The second kappa shape index (κ2) is 15.1. The third kappa shape index (κ3) is 6.41. The molecular weight excluding hydrogens is 727 g/mol. The van der Waals surface area contributed by atoms with Crippen molar-refractivity contribution in [2.75, 3.05) is 4.90 Å². The maximum absolute atomic E-state index is 6.75. The van der Waals surface area contributed by atoms with Gasteiger partial charge in [-0.1, -0.05) is 188 Å². The van der Waals surface area contributed by atoms with Crippen LogP contribution in [-0.2, 0) is 0 Å². The summed E-state index contributed by atoms with van der Waals surface area (Å²) in [5.74, 6) is 0. The fraction of sp³-hybridized carbons (Fsp3) is 0. The summed E-state index contributed by atoms with van der Waals surface area (Å²) in [7, 11) is 0. The van der Waals surface area contributed by atoms with E-state index in [4.69, 9.17) is 4.42 Å². The predicted molar refractivity (Wildman–Crippen MR) is 253 cm³/mol. The maximum atomic E-state index is 6.75. The van der Waals surface area contributed by atoms with Crippen molar-refractivity contribution in [2.24, 2.45) is 0 Å². The molecule has 10 aromatic carbocycles. The normalized spacial score (nSPS) is 11.3. The Labute approximate surface area is 349 Å². The molecule has 0 saturated carbocycles. The van der Waals surface area contributed by atoms with E-state index in [-0.39, 0.29) is 0 Å². The van der Waals surface area contributed by atoms with Crippen LogP contribution in [0, 0.1) is 0 Å². The zero-order chi connectivity index (χ0) is 39.8. The maximum Gasteiger partial charge on any atom is 0.145 e. The van der Waals surface area contributed by atoms with Crippen molar-refractivity contribution in [3.05, 3.63) is 237 Å². The van der Waals surface area contributed by atoms with Gasteiger partial charge in [-0.3, -0.25) is 0 Å². The second-order valence-electron chi connectivity index (χ2n) is 15.3. The van der Waals surface area contributed by atoms with Crippen LogP contribution in [0.25, 0.3) is 88.3 Å². The molecule has 11 rings (SSSR count). The first-order valence-corrected chi connectivity index (χ1v) is 20.5. The molecular formula is C58H39NO. The average molecular weight is 766 g/mol. The molecule has 0 aliphatic heterocycles. The van der Waals surface area contributed by atoms with Crippen LogP contribution in [0.15, 0.2) is 241 Å². The Hall–Kier alpha value is -7.94. The van der Waals surface area contributed by atoms with E-state index >= 15 is 0 Å². The Balaban J connectivity index is 1.04. The van der Waals surface area contributed by atoms with Crippen molar-refractivity contribution < 1.29 is 4.42 Å². The number of rotatable bonds is 8. The van der Waals surface area contributed by atoms with Gasteiger partial charge in [-0.15, -0.1) is 0 Å². The molecule has 2 nitrogen and oxygen atoms in total. The first-order valence-electron chi connectivity index (χ1n) is 20.5. The molecule has 11 aromatic rings. The summed E-state index contributed by atoms with van der Waals surface area (Å²) in [6.07, 6.45) is 0. The van der Waals surface area contributed by atoms with Crippen molar-refractivity contribution >= 4 is 49.8 Å². The smallest absolute Gasteiger partial charge is 0.145 e. The van der Waals surface area contributed by atoms with Crippen LogP contribution in [0.1, 0.15) is 0 Å². The monoisotopic (exact) mass is 765 g/mol. The van der Waals surface area contributed by atoms with Crippen molar-refractivity contribution in [1.29, 1.82) is 0 Å². The van der Waals surface area contributed by atoms with Crippen molar-refractivity contribution in [1.82, 2.24) is 0 Å². The van der Waals surface area contributed by atoms with E-state index in [0.29, 0.717) is 0 Å². The lowest BCUT2D eigenvalue weighted by atomic mass is 9.93. The Bertz CT molecular complexity index is 3270. The fourth-order valence-electron chi connectivity index (χ4n) is 8.69. The molecule has 0 unspecified atom stereocenters. The van der Waals surface area contributed by atoms with Crippen LogP contribution in [-0.4, -0.2) is 0 Å². The van der Waals surface area contributed by atoms with Crippen molar-refractivity contribution in [2.45, 2.75) is 0 Å². The van der Waals surface area contributed by atoms with E-state index in [1.165, 1.54) is 49.7 Å². The highest BCUT2D eigenvalue weighted by Crippen LogP contribution is 2.47. The summed E-state index contributed by atoms with van der Waals surface area (Å²) in [5, 5.41) is 4.64. The van der Waals surface area contributed by atoms with E-state index in [1.54, 1.807) is 0 Å². The highest BCUT2D eigenvalue weighted by atomic mass is 16.3.